The topological polar surface area (TPSA) is 76.1 Å². The molecule has 0 fully saturated rings. The van der Waals surface area contributed by atoms with E-state index in [1.807, 2.05) is 54.6 Å². The van der Waals surface area contributed by atoms with Crippen LogP contribution < -0.4 is 10.6 Å². The van der Waals surface area contributed by atoms with Gasteiger partial charge in [0.2, 0.25) is 0 Å². The number of rotatable bonds is 6. The minimum absolute atomic E-state index is 0.122. The molecule has 3 rings (SSSR count). The minimum atomic E-state index is -0.462. The van der Waals surface area contributed by atoms with E-state index in [1.54, 1.807) is 6.92 Å². The summed E-state index contributed by atoms with van der Waals surface area (Å²) in [4.78, 5) is 21.5. The normalized spacial score (nSPS) is 11.0. The monoisotopic (exact) mass is 390 g/mol. The standard InChI is InChI=1S/C23H26N4O2/c1-5-29-22(28)17-15-24-20(16-11-7-6-8-12-16)26-21(17)25-18-13-9-10-14-19(18)27-23(2,3)4/h6-15,27H,5H2,1-4H3,(H,24,25,26). The summed E-state index contributed by atoms with van der Waals surface area (Å²) in [6.45, 7) is 8.32. The Morgan fingerprint density at radius 1 is 1.00 bits per heavy atom. The molecule has 0 spiro atoms. The van der Waals surface area contributed by atoms with Gasteiger partial charge < -0.3 is 15.4 Å². The van der Waals surface area contributed by atoms with E-state index < -0.39 is 5.97 Å². The van der Waals surface area contributed by atoms with E-state index in [1.165, 1.54) is 6.20 Å². The van der Waals surface area contributed by atoms with Gasteiger partial charge in [0.1, 0.15) is 11.4 Å². The Morgan fingerprint density at radius 3 is 2.31 bits per heavy atom. The van der Waals surface area contributed by atoms with E-state index in [9.17, 15) is 4.79 Å². The van der Waals surface area contributed by atoms with Crippen molar-refractivity contribution in [1.82, 2.24) is 9.97 Å². The molecule has 29 heavy (non-hydrogen) atoms. The minimum Gasteiger partial charge on any atom is -0.462 e. The van der Waals surface area contributed by atoms with Gasteiger partial charge in [-0.05, 0) is 39.8 Å². The molecule has 0 atom stereocenters. The highest BCUT2D eigenvalue weighted by Crippen LogP contribution is 2.29. The molecule has 2 N–H and O–H groups in total. The third kappa shape index (κ3) is 5.31. The van der Waals surface area contributed by atoms with E-state index in [0.717, 1.165) is 16.9 Å². The lowest BCUT2D eigenvalue weighted by Crippen LogP contribution is -2.26. The summed E-state index contributed by atoms with van der Waals surface area (Å²) >= 11 is 0. The Kier molecular flexibility index (Phi) is 6.12. The zero-order valence-corrected chi connectivity index (χ0v) is 17.2. The Labute approximate surface area is 171 Å². The summed E-state index contributed by atoms with van der Waals surface area (Å²) in [6, 6.07) is 17.5. The first-order chi connectivity index (χ1) is 13.9. The van der Waals surface area contributed by atoms with Gasteiger partial charge in [-0.15, -0.1) is 0 Å². The van der Waals surface area contributed by atoms with Crippen LogP contribution in [0.15, 0.2) is 60.8 Å². The van der Waals surface area contributed by atoms with E-state index in [0.29, 0.717) is 11.6 Å². The maximum Gasteiger partial charge on any atom is 0.343 e. The average molecular weight is 390 g/mol. The van der Waals surface area contributed by atoms with Crippen LogP contribution in [0.1, 0.15) is 38.1 Å². The van der Waals surface area contributed by atoms with Crippen molar-refractivity contribution in [3.05, 3.63) is 66.4 Å². The van der Waals surface area contributed by atoms with Gasteiger partial charge in [-0.1, -0.05) is 42.5 Å². The third-order valence-corrected chi connectivity index (χ3v) is 4.01. The molecule has 1 heterocycles. The highest BCUT2D eigenvalue weighted by Gasteiger charge is 2.19. The van der Waals surface area contributed by atoms with Gasteiger partial charge in [-0.3, -0.25) is 0 Å². The quantitative estimate of drug-likeness (QED) is 0.558. The van der Waals surface area contributed by atoms with Crippen LogP contribution in [0.3, 0.4) is 0 Å². The van der Waals surface area contributed by atoms with Gasteiger partial charge in [0.05, 0.1) is 18.0 Å². The molecule has 0 bridgehead atoms. The predicted molar refractivity (Wildman–Crippen MR) is 117 cm³/mol. The molecule has 0 saturated heterocycles. The summed E-state index contributed by atoms with van der Waals surface area (Å²) in [5, 5.41) is 6.77. The number of para-hydroxylation sites is 2. The van der Waals surface area contributed by atoms with Crippen LogP contribution >= 0.6 is 0 Å². The lowest BCUT2D eigenvalue weighted by Gasteiger charge is -2.24. The van der Waals surface area contributed by atoms with Crippen LogP contribution in [0.25, 0.3) is 11.4 Å². The number of hydrogen-bond donors (Lipinski definition) is 2. The number of nitrogens with zero attached hydrogens (tertiary/aromatic N) is 2. The van der Waals surface area contributed by atoms with Gasteiger partial charge in [-0.2, -0.15) is 0 Å². The van der Waals surface area contributed by atoms with Crippen LogP contribution in [0.2, 0.25) is 0 Å². The number of ether oxygens (including phenoxy) is 1. The third-order valence-electron chi connectivity index (χ3n) is 4.01. The summed E-state index contributed by atoms with van der Waals surface area (Å²) in [5.41, 5.74) is 2.76. The number of carbonyl (C=O) groups excluding carboxylic acids is 1. The molecule has 150 valence electrons. The number of hydrogen-bond acceptors (Lipinski definition) is 6. The molecule has 0 aliphatic carbocycles. The number of nitrogens with one attached hydrogen (secondary N) is 2. The fourth-order valence-electron chi connectivity index (χ4n) is 2.79. The maximum absolute atomic E-state index is 12.5. The second kappa shape index (κ2) is 8.73. The first-order valence-electron chi connectivity index (χ1n) is 9.61. The number of anilines is 3. The van der Waals surface area contributed by atoms with Crippen molar-refractivity contribution in [3.63, 3.8) is 0 Å². The number of benzene rings is 2. The number of esters is 1. The Morgan fingerprint density at radius 2 is 1.66 bits per heavy atom. The number of aromatic nitrogens is 2. The Balaban J connectivity index is 2.04. The molecular formula is C23H26N4O2. The van der Waals surface area contributed by atoms with Crippen LogP contribution in [0.4, 0.5) is 17.2 Å². The van der Waals surface area contributed by atoms with E-state index >= 15 is 0 Å². The van der Waals surface area contributed by atoms with Crippen LogP contribution in [0.5, 0.6) is 0 Å². The average Bonchev–Trinajstić information content (AvgIpc) is 2.69. The van der Waals surface area contributed by atoms with Crippen molar-refractivity contribution in [2.24, 2.45) is 0 Å². The molecule has 0 amide bonds. The Bertz CT molecular complexity index is 982. The second-order valence-corrected chi connectivity index (χ2v) is 7.59. The van der Waals surface area contributed by atoms with Crippen molar-refractivity contribution in [2.75, 3.05) is 17.2 Å². The molecule has 3 aromatic rings. The maximum atomic E-state index is 12.5. The van der Waals surface area contributed by atoms with Gasteiger partial charge >= 0.3 is 5.97 Å². The summed E-state index contributed by atoms with van der Waals surface area (Å²) in [6.07, 6.45) is 1.51. The van der Waals surface area contributed by atoms with Crippen molar-refractivity contribution in [3.8, 4) is 11.4 Å². The lowest BCUT2D eigenvalue weighted by molar-refractivity contribution is 0.0526. The summed E-state index contributed by atoms with van der Waals surface area (Å²) < 4.78 is 5.19. The van der Waals surface area contributed by atoms with Gasteiger partial charge in [0, 0.05) is 17.3 Å². The molecule has 0 unspecified atom stereocenters. The highest BCUT2D eigenvalue weighted by atomic mass is 16.5. The smallest absolute Gasteiger partial charge is 0.343 e. The zero-order valence-electron chi connectivity index (χ0n) is 17.2. The van der Waals surface area contributed by atoms with Crippen LogP contribution in [0, 0.1) is 0 Å². The van der Waals surface area contributed by atoms with Crippen LogP contribution in [-0.4, -0.2) is 28.1 Å². The van der Waals surface area contributed by atoms with Gasteiger partial charge in [-0.25, -0.2) is 14.8 Å². The SMILES string of the molecule is CCOC(=O)c1cnc(-c2ccccc2)nc1Nc1ccccc1NC(C)(C)C. The molecule has 0 aliphatic rings. The molecule has 0 aliphatic heterocycles. The zero-order chi connectivity index (χ0) is 20.9. The first-order valence-corrected chi connectivity index (χ1v) is 9.61. The molecule has 6 heteroatoms. The molecule has 0 radical (unpaired) electrons. The van der Waals surface area contributed by atoms with E-state index in [2.05, 4.69) is 41.4 Å². The summed E-state index contributed by atoms with van der Waals surface area (Å²) in [7, 11) is 0. The van der Waals surface area contributed by atoms with Crippen molar-refractivity contribution >= 4 is 23.2 Å². The molecular weight excluding hydrogens is 364 g/mol. The molecule has 6 nitrogen and oxygen atoms in total. The van der Waals surface area contributed by atoms with E-state index in [4.69, 9.17) is 4.74 Å². The van der Waals surface area contributed by atoms with Crippen molar-refractivity contribution < 1.29 is 9.53 Å². The molecule has 0 saturated carbocycles. The highest BCUT2D eigenvalue weighted by molar-refractivity contribution is 5.96. The fourth-order valence-corrected chi connectivity index (χ4v) is 2.79. The summed E-state index contributed by atoms with van der Waals surface area (Å²) in [5.74, 6) is 0.471. The predicted octanol–water partition coefficient (Wildman–Crippen LogP) is 5.27. The number of carbonyl (C=O) groups is 1. The molecule has 1 aromatic heterocycles. The fraction of sp³-hybridized carbons (Fsp3) is 0.261. The molecule has 2 aromatic carbocycles. The van der Waals surface area contributed by atoms with Gasteiger partial charge in [0.25, 0.3) is 0 Å². The lowest BCUT2D eigenvalue weighted by atomic mass is 10.1. The van der Waals surface area contributed by atoms with Crippen molar-refractivity contribution in [1.29, 1.82) is 0 Å². The Hall–Kier alpha value is -3.41. The van der Waals surface area contributed by atoms with Gasteiger partial charge in [0.15, 0.2) is 5.82 Å². The largest absolute Gasteiger partial charge is 0.462 e. The first kappa shape index (κ1) is 20.3. The van der Waals surface area contributed by atoms with Crippen molar-refractivity contribution in [2.45, 2.75) is 33.2 Å². The second-order valence-electron chi connectivity index (χ2n) is 7.59. The van der Waals surface area contributed by atoms with E-state index in [-0.39, 0.29) is 17.7 Å². The van der Waals surface area contributed by atoms with Crippen LogP contribution in [-0.2, 0) is 4.74 Å².